The van der Waals surface area contributed by atoms with Crippen molar-refractivity contribution in [2.75, 3.05) is 12.3 Å². The van der Waals surface area contributed by atoms with Crippen molar-refractivity contribution in [3.8, 4) is 0 Å². The van der Waals surface area contributed by atoms with Crippen LogP contribution in [0.1, 0.15) is 31.4 Å². The summed E-state index contributed by atoms with van der Waals surface area (Å²) < 4.78 is 26.9. The van der Waals surface area contributed by atoms with Crippen molar-refractivity contribution >= 4 is 21.6 Å². The van der Waals surface area contributed by atoms with Crippen LogP contribution >= 0.6 is 0 Å². The van der Waals surface area contributed by atoms with Gasteiger partial charge in [-0.2, -0.15) is 4.72 Å². The van der Waals surface area contributed by atoms with E-state index in [0.29, 0.717) is 12.2 Å². The molecule has 0 aliphatic carbocycles. The molecule has 0 aromatic heterocycles. The lowest BCUT2D eigenvalue weighted by atomic mass is 10.1. The van der Waals surface area contributed by atoms with Crippen molar-refractivity contribution in [2.45, 2.75) is 45.1 Å². The molecule has 1 unspecified atom stereocenters. The number of nitrogens with one attached hydrogen (secondary N) is 2. The van der Waals surface area contributed by atoms with Crippen LogP contribution in [0, 0.1) is 13.8 Å². The minimum atomic E-state index is -3.78. The fraction of sp³-hybridized carbons (Fsp3) is 0.500. The van der Waals surface area contributed by atoms with Crippen molar-refractivity contribution in [3.05, 3.63) is 23.3 Å². The van der Waals surface area contributed by atoms with E-state index in [-0.39, 0.29) is 10.8 Å². The van der Waals surface area contributed by atoms with Crippen LogP contribution < -0.4 is 15.8 Å². The number of rotatable bonds is 6. The topological polar surface area (TPSA) is 101 Å². The minimum Gasteiger partial charge on any atom is -0.398 e. The van der Waals surface area contributed by atoms with Crippen LogP contribution in [0.4, 0.5) is 5.69 Å². The third kappa shape index (κ3) is 4.44. The van der Waals surface area contributed by atoms with Gasteiger partial charge < -0.3 is 11.1 Å². The quantitative estimate of drug-likeness (QED) is 0.684. The first-order valence-electron chi connectivity index (χ1n) is 6.85. The Kier molecular flexibility index (Phi) is 5.74. The average Bonchev–Trinajstić information content (AvgIpc) is 2.40. The molecule has 1 atom stereocenters. The number of carbonyl (C=O) groups is 1. The van der Waals surface area contributed by atoms with Gasteiger partial charge in [-0.25, -0.2) is 8.42 Å². The second kappa shape index (κ2) is 6.91. The molecule has 0 fully saturated rings. The molecule has 0 spiro atoms. The molecule has 1 aromatic carbocycles. The number of anilines is 1. The number of nitrogen functional groups attached to an aromatic ring is 1. The van der Waals surface area contributed by atoms with E-state index in [1.165, 1.54) is 13.0 Å². The summed E-state index contributed by atoms with van der Waals surface area (Å²) in [7, 11) is -3.78. The maximum absolute atomic E-state index is 12.3. The maximum Gasteiger partial charge on any atom is 0.241 e. The van der Waals surface area contributed by atoms with Gasteiger partial charge >= 0.3 is 0 Å². The number of aryl methyl sites for hydroxylation is 1. The smallest absolute Gasteiger partial charge is 0.241 e. The summed E-state index contributed by atoms with van der Waals surface area (Å²) in [6.45, 7) is 7.57. The summed E-state index contributed by atoms with van der Waals surface area (Å²) in [6.07, 6.45) is 0.791. The molecular weight excluding hydrogens is 290 g/mol. The van der Waals surface area contributed by atoms with Crippen LogP contribution in [-0.2, 0) is 14.8 Å². The van der Waals surface area contributed by atoms with Crippen molar-refractivity contribution in [3.63, 3.8) is 0 Å². The Bertz CT molecular complexity index is 603. The van der Waals surface area contributed by atoms with Gasteiger partial charge in [0.15, 0.2) is 0 Å². The van der Waals surface area contributed by atoms with Crippen LogP contribution in [0.3, 0.4) is 0 Å². The summed E-state index contributed by atoms with van der Waals surface area (Å²) in [4.78, 5) is 11.8. The summed E-state index contributed by atoms with van der Waals surface area (Å²) in [6, 6.07) is 2.11. The predicted octanol–water partition coefficient (Wildman–Crippen LogP) is 1.08. The number of hydrogen-bond donors (Lipinski definition) is 3. The van der Waals surface area contributed by atoms with Crippen LogP contribution in [0.15, 0.2) is 17.0 Å². The van der Waals surface area contributed by atoms with Crippen LogP contribution in [0.5, 0.6) is 0 Å². The molecule has 0 aliphatic heterocycles. The molecule has 118 valence electrons. The fourth-order valence-electron chi connectivity index (χ4n) is 1.76. The molecular formula is C14H23N3O3S. The first-order valence-corrected chi connectivity index (χ1v) is 8.34. The molecule has 21 heavy (non-hydrogen) atoms. The van der Waals surface area contributed by atoms with Crippen molar-refractivity contribution < 1.29 is 13.2 Å². The van der Waals surface area contributed by atoms with E-state index in [2.05, 4.69) is 10.0 Å². The van der Waals surface area contributed by atoms with Gasteiger partial charge in [-0.05, 0) is 50.5 Å². The summed E-state index contributed by atoms with van der Waals surface area (Å²) in [5.41, 5.74) is 7.86. The normalized spacial score (nSPS) is 13.0. The molecule has 0 aliphatic rings. The molecule has 0 saturated heterocycles. The zero-order chi connectivity index (χ0) is 16.2. The Balaban J connectivity index is 2.94. The van der Waals surface area contributed by atoms with Crippen molar-refractivity contribution in [1.29, 1.82) is 0 Å². The van der Waals surface area contributed by atoms with E-state index in [0.717, 1.165) is 17.5 Å². The highest BCUT2D eigenvalue weighted by Gasteiger charge is 2.22. The van der Waals surface area contributed by atoms with Gasteiger partial charge in [-0.1, -0.05) is 6.92 Å². The van der Waals surface area contributed by atoms with E-state index >= 15 is 0 Å². The predicted molar refractivity (Wildman–Crippen MR) is 83.4 cm³/mol. The lowest BCUT2D eigenvalue weighted by molar-refractivity contribution is -0.122. The van der Waals surface area contributed by atoms with Gasteiger partial charge in [0.2, 0.25) is 15.9 Å². The van der Waals surface area contributed by atoms with Gasteiger partial charge in [0.05, 0.1) is 10.9 Å². The summed E-state index contributed by atoms with van der Waals surface area (Å²) >= 11 is 0. The second-order valence-corrected chi connectivity index (χ2v) is 6.80. The Morgan fingerprint density at radius 2 is 1.95 bits per heavy atom. The zero-order valence-electron chi connectivity index (χ0n) is 12.9. The molecule has 6 nitrogen and oxygen atoms in total. The van der Waals surface area contributed by atoms with Gasteiger partial charge in [-0.15, -0.1) is 0 Å². The molecule has 1 amide bonds. The van der Waals surface area contributed by atoms with Gasteiger partial charge in [0, 0.05) is 12.2 Å². The van der Waals surface area contributed by atoms with Gasteiger partial charge in [0.25, 0.3) is 0 Å². The first-order chi connectivity index (χ1) is 9.69. The summed E-state index contributed by atoms with van der Waals surface area (Å²) in [5.74, 6) is -0.350. The Hall–Kier alpha value is -1.60. The maximum atomic E-state index is 12.3. The van der Waals surface area contributed by atoms with E-state index in [9.17, 15) is 13.2 Å². The number of amides is 1. The highest BCUT2D eigenvalue weighted by Crippen LogP contribution is 2.21. The van der Waals surface area contributed by atoms with E-state index in [4.69, 9.17) is 5.73 Å². The van der Waals surface area contributed by atoms with E-state index in [1.54, 1.807) is 13.0 Å². The van der Waals surface area contributed by atoms with Crippen LogP contribution in [-0.4, -0.2) is 26.9 Å². The van der Waals surface area contributed by atoms with Crippen molar-refractivity contribution in [1.82, 2.24) is 10.0 Å². The third-order valence-corrected chi connectivity index (χ3v) is 4.79. The van der Waals surface area contributed by atoms with Gasteiger partial charge in [-0.3, -0.25) is 4.79 Å². The molecule has 4 N–H and O–H groups in total. The summed E-state index contributed by atoms with van der Waals surface area (Å²) in [5, 5.41) is 2.65. The Labute approximate surface area is 126 Å². The van der Waals surface area contributed by atoms with E-state index < -0.39 is 16.1 Å². The van der Waals surface area contributed by atoms with Crippen molar-refractivity contribution in [2.24, 2.45) is 0 Å². The standard InChI is InChI=1S/C14H23N3O3S/c1-5-6-16-14(18)11(4)17-21(19,20)12-7-9(2)10(3)13(15)8-12/h7-8,11,17H,5-6,15H2,1-4H3,(H,16,18). The minimum absolute atomic E-state index is 0.0678. The molecule has 0 radical (unpaired) electrons. The fourth-order valence-corrected chi connectivity index (χ4v) is 3.09. The Morgan fingerprint density at radius 3 is 2.48 bits per heavy atom. The second-order valence-electron chi connectivity index (χ2n) is 5.09. The largest absolute Gasteiger partial charge is 0.398 e. The average molecular weight is 313 g/mol. The molecule has 1 aromatic rings. The first kappa shape index (κ1) is 17.5. The molecule has 1 rings (SSSR count). The third-order valence-electron chi connectivity index (χ3n) is 3.27. The van der Waals surface area contributed by atoms with Gasteiger partial charge in [0.1, 0.15) is 0 Å². The lowest BCUT2D eigenvalue weighted by Gasteiger charge is -2.15. The molecule has 7 heteroatoms. The highest BCUT2D eigenvalue weighted by atomic mass is 32.2. The number of sulfonamides is 1. The molecule has 0 saturated carbocycles. The molecule has 0 bridgehead atoms. The number of nitrogens with two attached hydrogens (primary N) is 1. The molecule has 0 heterocycles. The van der Waals surface area contributed by atoms with Crippen LogP contribution in [0.2, 0.25) is 0 Å². The zero-order valence-corrected chi connectivity index (χ0v) is 13.7. The number of carbonyl (C=O) groups excluding carboxylic acids is 1. The highest BCUT2D eigenvalue weighted by molar-refractivity contribution is 7.89. The lowest BCUT2D eigenvalue weighted by Crippen LogP contribution is -2.44. The Morgan fingerprint density at radius 1 is 1.33 bits per heavy atom. The van der Waals surface area contributed by atoms with Crippen LogP contribution in [0.25, 0.3) is 0 Å². The monoisotopic (exact) mass is 313 g/mol. The number of benzene rings is 1. The SMILES string of the molecule is CCCNC(=O)C(C)NS(=O)(=O)c1cc(C)c(C)c(N)c1. The number of hydrogen-bond acceptors (Lipinski definition) is 4. The van der Waals surface area contributed by atoms with E-state index in [1.807, 2.05) is 13.8 Å².